The van der Waals surface area contributed by atoms with Crippen LogP contribution in [0, 0.1) is 11.8 Å². The zero-order valence-electron chi connectivity index (χ0n) is 15.0. The summed E-state index contributed by atoms with van der Waals surface area (Å²) in [6.07, 6.45) is 4.13. The quantitative estimate of drug-likeness (QED) is 0.330. The second-order valence-corrected chi connectivity index (χ2v) is 12.7. The number of rotatable bonds is 3. The van der Waals surface area contributed by atoms with Gasteiger partial charge in [-0.2, -0.15) is 0 Å². The fourth-order valence-corrected chi connectivity index (χ4v) is 4.21. The van der Waals surface area contributed by atoms with Crippen molar-refractivity contribution in [3.05, 3.63) is 35.9 Å². The van der Waals surface area contributed by atoms with Gasteiger partial charge in [-0.05, 0) is 49.7 Å². The second kappa shape index (κ2) is 6.63. The van der Waals surface area contributed by atoms with Crippen molar-refractivity contribution < 1.29 is 9.22 Å². The van der Waals surface area contributed by atoms with E-state index >= 15 is 0 Å². The molecule has 3 heteroatoms. The van der Waals surface area contributed by atoms with Crippen molar-refractivity contribution >= 4 is 14.1 Å². The average Bonchev–Trinajstić information content (AvgIpc) is 2.93. The molecule has 1 aliphatic rings. The minimum Gasteiger partial charge on any atom is -0.401 e. The SMILES string of the molecule is CC(C)(C)[Si](C)(C)OC1(C#CC(=O)c2ccccc2)CCCC1. The predicted octanol–water partition coefficient (Wildman–Crippen LogP) is 5.21. The van der Waals surface area contributed by atoms with Crippen LogP contribution in [0.2, 0.25) is 18.1 Å². The van der Waals surface area contributed by atoms with Gasteiger partial charge in [0.25, 0.3) is 0 Å². The molecule has 0 radical (unpaired) electrons. The number of ketones is 1. The van der Waals surface area contributed by atoms with Crippen LogP contribution in [0.5, 0.6) is 0 Å². The summed E-state index contributed by atoms with van der Waals surface area (Å²) in [4.78, 5) is 12.3. The van der Waals surface area contributed by atoms with Gasteiger partial charge in [-0.15, -0.1) is 0 Å². The van der Waals surface area contributed by atoms with E-state index < -0.39 is 13.9 Å². The Hall–Kier alpha value is -1.37. The van der Waals surface area contributed by atoms with Gasteiger partial charge in [0.2, 0.25) is 5.78 Å². The fraction of sp³-hybridized carbons (Fsp3) is 0.550. The number of Topliss-reactive ketones (excluding diaryl/α,β-unsaturated/α-hetero) is 1. The zero-order chi connectivity index (χ0) is 17.1. The van der Waals surface area contributed by atoms with Gasteiger partial charge < -0.3 is 4.43 Å². The highest BCUT2D eigenvalue weighted by molar-refractivity contribution is 6.74. The van der Waals surface area contributed by atoms with Gasteiger partial charge in [0.15, 0.2) is 8.32 Å². The molecule has 1 saturated carbocycles. The Morgan fingerprint density at radius 1 is 1.13 bits per heavy atom. The van der Waals surface area contributed by atoms with Crippen LogP contribution in [0.15, 0.2) is 30.3 Å². The van der Waals surface area contributed by atoms with Crippen LogP contribution in [-0.4, -0.2) is 19.7 Å². The summed E-state index contributed by atoms with van der Waals surface area (Å²) in [5.41, 5.74) is 0.230. The molecule has 0 heterocycles. The van der Waals surface area contributed by atoms with Gasteiger partial charge in [-0.1, -0.05) is 57.0 Å². The smallest absolute Gasteiger partial charge is 0.235 e. The summed E-state index contributed by atoms with van der Waals surface area (Å²) in [6.45, 7) is 11.2. The Bertz CT molecular complexity index is 609. The minimum absolute atomic E-state index is 0.115. The molecule has 0 aliphatic heterocycles. The molecule has 23 heavy (non-hydrogen) atoms. The first-order chi connectivity index (χ1) is 10.7. The summed E-state index contributed by atoms with van der Waals surface area (Å²) in [5, 5.41) is 0.147. The van der Waals surface area contributed by atoms with E-state index in [-0.39, 0.29) is 10.8 Å². The average molecular weight is 329 g/mol. The van der Waals surface area contributed by atoms with E-state index in [9.17, 15) is 4.79 Å². The van der Waals surface area contributed by atoms with E-state index in [1.54, 1.807) is 0 Å². The number of carbonyl (C=O) groups is 1. The Labute approximate surface area is 141 Å². The second-order valence-electron chi connectivity index (χ2n) is 8.01. The Kier molecular flexibility index (Phi) is 5.18. The van der Waals surface area contributed by atoms with E-state index in [1.165, 1.54) is 0 Å². The monoisotopic (exact) mass is 328 g/mol. The van der Waals surface area contributed by atoms with Crippen LogP contribution >= 0.6 is 0 Å². The summed E-state index contributed by atoms with van der Waals surface area (Å²) >= 11 is 0. The third kappa shape index (κ3) is 4.34. The summed E-state index contributed by atoms with van der Waals surface area (Å²) in [6, 6.07) is 9.27. The predicted molar refractivity (Wildman–Crippen MR) is 98.0 cm³/mol. The molecular formula is C20H28O2Si. The van der Waals surface area contributed by atoms with Crippen molar-refractivity contribution in [2.24, 2.45) is 0 Å². The summed E-state index contributed by atoms with van der Waals surface area (Å²) in [7, 11) is -1.91. The van der Waals surface area contributed by atoms with Gasteiger partial charge in [-0.25, -0.2) is 0 Å². The zero-order valence-corrected chi connectivity index (χ0v) is 16.0. The molecule has 0 N–H and O–H groups in total. The van der Waals surface area contributed by atoms with Crippen molar-refractivity contribution in [3.63, 3.8) is 0 Å². The highest BCUT2D eigenvalue weighted by Gasteiger charge is 2.45. The van der Waals surface area contributed by atoms with Crippen molar-refractivity contribution in [3.8, 4) is 11.8 Å². The van der Waals surface area contributed by atoms with Crippen LogP contribution in [0.1, 0.15) is 56.8 Å². The van der Waals surface area contributed by atoms with E-state index in [0.29, 0.717) is 5.56 Å². The van der Waals surface area contributed by atoms with E-state index in [0.717, 1.165) is 25.7 Å². The third-order valence-electron chi connectivity index (χ3n) is 5.11. The van der Waals surface area contributed by atoms with Crippen molar-refractivity contribution in [1.29, 1.82) is 0 Å². The van der Waals surface area contributed by atoms with Crippen LogP contribution in [0.25, 0.3) is 0 Å². The molecule has 0 saturated heterocycles. The maximum Gasteiger partial charge on any atom is 0.235 e. The Morgan fingerprint density at radius 3 is 2.22 bits per heavy atom. The molecule has 1 aromatic carbocycles. The van der Waals surface area contributed by atoms with Crippen LogP contribution < -0.4 is 0 Å². The molecule has 1 aliphatic carbocycles. The highest BCUT2D eigenvalue weighted by atomic mass is 28.4. The van der Waals surface area contributed by atoms with Gasteiger partial charge in [0.05, 0.1) is 0 Å². The lowest BCUT2D eigenvalue weighted by atomic mass is 10.0. The van der Waals surface area contributed by atoms with Crippen molar-refractivity contribution in [2.75, 3.05) is 0 Å². The molecule has 0 amide bonds. The molecule has 2 nitrogen and oxygen atoms in total. The number of hydrogen-bond donors (Lipinski definition) is 0. The molecule has 1 aromatic rings. The molecule has 0 bridgehead atoms. The molecule has 0 spiro atoms. The first-order valence-electron chi connectivity index (χ1n) is 8.48. The molecular weight excluding hydrogens is 300 g/mol. The maximum atomic E-state index is 12.3. The normalized spacial score (nSPS) is 17.4. The van der Waals surface area contributed by atoms with E-state index in [1.807, 2.05) is 30.3 Å². The van der Waals surface area contributed by atoms with Gasteiger partial charge in [0.1, 0.15) is 5.60 Å². The summed E-state index contributed by atoms with van der Waals surface area (Å²) in [5.74, 6) is 5.98. The Morgan fingerprint density at radius 2 is 1.70 bits per heavy atom. The van der Waals surface area contributed by atoms with Crippen molar-refractivity contribution in [2.45, 2.75) is 70.2 Å². The number of hydrogen-bond acceptors (Lipinski definition) is 2. The molecule has 0 unspecified atom stereocenters. The standard InChI is InChI=1S/C20H28O2Si/c1-19(2,3)23(4,5)22-20(14-9-10-15-20)16-13-18(21)17-11-7-6-8-12-17/h6-8,11-12H,9-10,14-15H2,1-5H3. The lowest BCUT2D eigenvalue weighted by molar-refractivity contribution is 0.104. The van der Waals surface area contributed by atoms with E-state index in [2.05, 4.69) is 45.7 Å². The number of benzene rings is 1. The lowest BCUT2D eigenvalue weighted by Gasteiger charge is -2.42. The third-order valence-corrected chi connectivity index (χ3v) is 9.62. The van der Waals surface area contributed by atoms with Gasteiger partial charge >= 0.3 is 0 Å². The first-order valence-corrected chi connectivity index (χ1v) is 11.4. The summed E-state index contributed by atoms with van der Waals surface area (Å²) < 4.78 is 6.65. The van der Waals surface area contributed by atoms with Crippen molar-refractivity contribution in [1.82, 2.24) is 0 Å². The van der Waals surface area contributed by atoms with Crippen LogP contribution in [-0.2, 0) is 4.43 Å². The Balaban J connectivity index is 2.23. The van der Waals surface area contributed by atoms with Crippen LogP contribution in [0.4, 0.5) is 0 Å². The topological polar surface area (TPSA) is 26.3 Å². The molecule has 1 fully saturated rings. The van der Waals surface area contributed by atoms with Crippen LogP contribution in [0.3, 0.4) is 0 Å². The number of carbonyl (C=O) groups excluding carboxylic acids is 1. The lowest BCUT2D eigenvalue weighted by Crippen LogP contribution is -2.48. The first kappa shape index (κ1) is 18.0. The minimum atomic E-state index is -1.91. The molecule has 0 atom stereocenters. The molecule has 0 aromatic heterocycles. The van der Waals surface area contributed by atoms with Gasteiger partial charge in [0, 0.05) is 5.56 Å². The van der Waals surface area contributed by atoms with Gasteiger partial charge in [-0.3, -0.25) is 4.79 Å². The largest absolute Gasteiger partial charge is 0.401 e. The van der Waals surface area contributed by atoms with E-state index in [4.69, 9.17) is 4.43 Å². The maximum absolute atomic E-state index is 12.3. The molecule has 2 rings (SSSR count). The molecule has 124 valence electrons. The highest BCUT2D eigenvalue weighted by Crippen LogP contribution is 2.43. The fourth-order valence-electron chi connectivity index (χ4n) is 2.67.